The summed E-state index contributed by atoms with van der Waals surface area (Å²) in [6, 6.07) is 3.90. The number of hydrogen-bond acceptors (Lipinski definition) is 4. The Morgan fingerprint density at radius 1 is 1.61 bits per heavy atom. The zero-order valence-corrected chi connectivity index (χ0v) is 13.0. The van der Waals surface area contributed by atoms with Crippen LogP contribution in [0.2, 0.25) is 0 Å². The Hall–Kier alpha value is -0.140. The molecule has 1 fully saturated rings. The van der Waals surface area contributed by atoms with E-state index in [1.165, 1.54) is 4.88 Å². The smallest absolute Gasteiger partial charge is 0.239 e. The number of nitrogens with one attached hydrogen (secondary N) is 2. The molecule has 1 amide bonds. The number of morpholine rings is 1. The molecule has 102 valence electrons. The third-order valence-electron chi connectivity index (χ3n) is 2.54. The van der Waals surface area contributed by atoms with Crippen LogP contribution >= 0.6 is 39.7 Å². The van der Waals surface area contributed by atoms with E-state index in [-0.39, 0.29) is 24.4 Å². The van der Waals surface area contributed by atoms with Crippen LogP contribution in [-0.4, -0.2) is 38.3 Å². The third kappa shape index (κ3) is 4.85. The Kier molecular flexibility index (Phi) is 7.18. The molecule has 2 N–H and O–H groups in total. The second-order valence-electron chi connectivity index (χ2n) is 3.83. The Morgan fingerprint density at radius 3 is 3.06 bits per heavy atom. The summed E-state index contributed by atoms with van der Waals surface area (Å²) in [5.74, 6) is 0.0281. The lowest BCUT2D eigenvalue weighted by atomic mass is 10.2. The van der Waals surface area contributed by atoms with Crippen molar-refractivity contribution >= 4 is 45.6 Å². The first-order chi connectivity index (χ1) is 8.25. The van der Waals surface area contributed by atoms with E-state index in [9.17, 15) is 4.79 Å². The molecule has 1 saturated heterocycles. The van der Waals surface area contributed by atoms with Crippen molar-refractivity contribution in [2.24, 2.45) is 0 Å². The van der Waals surface area contributed by atoms with E-state index in [1.807, 2.05) is 6.07 Å². The van der Waals surface area contributed by atoms with Gasteiger partial charge in [0.25, 0.3) is 0 Å². The van der Waals surface area contributed by atoms with E-state index in [0.29, 0.717) is 19.8 Å². The maximum atomic E-state index is 11.7. The van der Waals surface area contributed by atoms with Crippen molar-refractivity contribution in [2.75, 3.05) is 26.3 Å². The molecule has 0 aromatic carbocycles. The molecule has 1 unspecified atom stereocenters. The molecular formula is C11H16BrClN2O2S. The fourth-order valence-electron chi connectivity index (χ4n) is 1.65. The van der Waals surface area contributed by atoms with Crippen molar-refractivity contribution in [2.45, 2.75) is 12.5 Å². The van der Waals surface area contributed by atoms with Crippen molar-refractivity contribution in [1.29, 1.82) is 0 Å². The number of rotatable bonds is 4. The summed E-state index contributed by atoms with van der Waals surface area (Å²) in [7, 11) is 0. The Labute approximate surface area is 125 Å². The van der Waals surface area contributed by atoms with Crippen LogP contribution in [0.1, 0.15) is 4.88 Å². The van der Waals surface area contributed by atoms with Gasteiger partial charge in [0.15, 0.2) is 0 Å². The summed E-state index contributed by atoms with van der Waals surface area (Å²) < 4.78 is 6.37. The van der Waals surface area contributed by atoms with Gasteiger partial charge in [-0.1, -0.05) is 0 Å². The molecule has 0 bridgehead atoms. The van der Waals surface area contributed by atoms with Gasteiger partial charge in [0.05, 0.1) is 17.0 Å². The number of carbonyl (C=O) groups excluding carboxylic acids is 1. The molecule has 2 rings (SSSR count). The van der Waals surface area contributed by atoms with Crippen molar-refractivity contribution < 1.29 is 9.53 Å². The van der Waals surface area contributed by atoms with Gasteiger partial charge in [-0.25, -0.2) is 0 Å². The van der Waals surface area contributed by atoms with Crippen molar-refractivity contribution in [3.63, 3.8) is 0 Å². The van der Waals surface area contributed by atoms with Crippen molar-refractivity contribution in [3.8, 4) is 0 Å². The second kappa shape index (κ2) is 8.12. The third-order valence-corrected chi connectivity index (χ3v) is 4.22. The van der Waals surface area contributed by atoms with Crippen molar-refractivity contribution in [1.82, 2.24) is 10.6 Å². The van der Waals surface area contributed by atoms with Crippen LogP contribution in [0, 0.1) is 0 Å². The SMILES string of the molecule is Cl.O=C(NCCc1ccc(Br)s1)C1COCCN1. The van der Waals surface area contributed by atoms with E-state index < -0.39 is 0 Å². The lowest BCUT2D eigenvalue weighted by molar-refractivity contribution is -0.125. The average Bonchev–Trinajstić information content (AvgIpc) is 2.76. The molecule has 7 heteroatoms. The minimum atomic E-state index is -0.196. The topological polar surface area (TPSA) is 50.4 Å². The minimum absolute atomic E-state index is 0. The van der Waals surface area contributed by atoms with Gasteiger partial charge in [-0.2, -0.15) is 0 Å². The lowest BCUT2D eigenvalue weighted by Gasteiger charge is -2.22. The van der Waals surface area contributed by atoms with Gasteiger partial charge >= 0.3 is 0 Å². The molecule has 2 heterocycles. The molecule has 1 aliphatic rings. The van der Waals surface area contributed by atoms with E-state index in [4.69, 9.17) is 4.74 Å². The summed E-state index contributed by atoms with van der Waals surface area (Å²) in [5, 5.41) is 6.05. The van der Waals surface area contributed by atoms with Crippen LogP contribution < -0.4 is 10.6 Å². The van der Waals surface area contributed by atoms with E-state index in [1.54, 1.807) is 11.3 Å². The first-order valence-corrected chi connectivity index (χ1v) is 7.20. The first kappa shape index (κ1) is 15.9. The molecular weight excluding hydrogens is 340 g/mol. The molecule has 0 radical (unpaired) electrons. The van der Waals surface area contributed by atoms with Gasteiger partial charge < -0.3 is 15.4 Å². The van der Waals surface area contributed by atoms with Crippen LogP contribution in [-0.2, 0) is 16.0 Å². The molecule has 1 aromatic rings. The second-order valence-corrected chi connectivity index (χ2v) is 6.38. The van der Waals surface area contributed by atoms with Gasteiger partial charge in [0.1, 0.15) is 6.04 Å². The zero-order valence-electron chi connectivity index (χ0n) is 9.78. The van der Waals surface area contributed by atoms with Crippen LogP contribution in [0.25, 0.3) is 0 Å². The maximum Gasteiger partial charge on any atom is 0.239 e. The summed E-state index contributed by atoms with van der Waals surface area (Å²) >= 11 is 5.12. The highest BCUT2D eigenvalue weighted by molar-refractivity contribution is 9.11. The lowest BCUT2D eigenvalue weighted by Crippen LogP contribution is -2.51. The standard InChI is InChI=1S/C11H15BrN2O2S.ClH/c12-10-2-1-8(17-10)3-4-14-11(15)9-7-16-6-5-13-9;/h1-2,9,13H,3-7H2,(H,14,15);1H. The minimum Gasteiger partial charge on any atom is -0.378 e. The number of hydrogen-bond donors (Lipinski definition) is 2. The molecule has 0 spiro atoms. The summed E-state index contributed by atoms with van der Waals surface area (Å²) in [4.78, 5) is 13.0. The number of carbonyl (C=O) groups is 1. The summed E-state index contributed by atoms with van der Waals surface area (Å²) in [6.07, 6.45) is 0.871. The number of amides is 1. The first-order valence-electron chi connectivity index (χ1n) is 5.59. The zero-order chi connectivity index (χ0) is 12.1. The van der Waals surface area contributed by atoms with Gasteiger partial charge in [-0.05, 0) is 34.5 Å². The van der Waals surface area contributed by atoms with Crippen molar-refractivity contribution in [3.05, 3.63) is 20.8 Å². The van der Waals surface area contributed by atoms with Crippen LogP contribution in [0.15, 0.2) is 15.9 Å². The quantitative estimate of drug-likeness (QED) is 0.862. The Balaban J connectivity index is 0.00000162. The van der Waals surface area contributed by atoms with Gasteiger partial charge in [0, 0.05) is 18.0 Å². The van der Waals surface area contributed by atoms with Crippen LogP contribution in [0.5, 0.6) is 0 Å². The highest BCUT2D eigenvalue weighted by Crippen LogP contribution is 2.21. The van der Waals surface area contributed by atoms with Crippen LogP contribution in [0.3, 0.4) is 0 Å². The number of thiophene rings is 1. The predicted molar refractivity (Wildman–Crippen MR) is 78.6 cm³/mol. The highest BCUT2D eigenvalue weighted by Gasteiger charge is 2.20. The molecule has 1 aromatic heterocycles. The predicted octanol–water partition coefficient (Wildman–Crippen LogP) is 1.58. The molecule has 1 atom stereocenters. The normalized spacial score (nSPS) is 19.1. The van der Waals surface area contributed by atoms with Gasteiger partial charge in [0.2, 0.25) is 5.91 Å². The summed E-state index contributed by atoms with van der Waals surface area (Å²) in [6.45, 7) is 2.57. The highest BCUT2D eigenvalue weighted by atomic mass is 79.9. The summed E-state index contributed by atoms with van der Waals surface area (Å²) in [5.41, 5.74) is 0. The fraction of sp³-hybridized carbons (Fsp3) is 0.545. The maximum absolute atomic E-state index is 11.7. The monoisotopic (exact) mass is 354 g/mol. The van der Waals surface area contributed by atoms with E-state index >= 15 is 0 Å². The molecule has 18 heavy (non-hydrogen) atoms. The van der Waals surface area contributed by atoms with E-state index in [0.717, 1.165) is 16.8 Å². The van der Waals surface area contributed by atoms with E-state index in [2.05, 4.69) is 32.6 Å². The van der Waals surface area contributed by atoms with Gasteiger partial charge in [-0.15, -0.1) is 23.7 Å². The average molecular weight is 356 g/mol. The van der Waals surface area contributed by atoms with Gasteiger partial charge in [-0.3, -0.25) is 4.79 Å². The molecule has 0 saturated carbocycles. The number of halogens is 2. The fourth-order valence-corrected chi connectivity index (χ4v) is 3.13. The largest absolute Gasteiger partial charge is 0.378 e. The molecule has 4 nitrogen and oxygen atoms in total. The van der Waals surface area contributed by atoms with Crippen LogP contribution in [0.4, 0.5) is 0 Å². The number of ether oxygens (including phenoxy) is 1. The Bertz CT molecular complexity index is 383. The Morgan fingerprint density at radius 2 is 2.44 bits per heavy atom. The molecule has 1 aliphatic heterocycles. The molecule has 0 aliphatic carbocycles.